The lowest BCUT2D eigenvalue weighted by atomic mass is 9.95. The number of likely N-dealkylation sites (N-methyl/N-ethyl adjacent to an activating group) is 1. The smallest absolute Gasteiger partial charge is 0.322 e. The number of nitrogens with one attached hydrogen (secondary N) is 2. The highest BCUT2D eigenvalue weighted by molar-refractivity contribution is 6.03. The van der Waals surface area contributed by atoms with Gasteiger partial charge in [0.25, 0.3) is 5.91 Å². The van der Waals surface area contributed by atoms with E-state index in [1.165, 1.54) is 11.0 Å². The first kappa shape index (κ1) is 29.6. The van der Waals surface area contributed by atoms with E-state index in [0.717, 1.165) is 5.56 Å². The van der Waals surface area contributed by atoms with Gasteiger partial charge in [-0.25, -0.2) is 9.18 Å². The first-order chi connectivity index (χ1) is 21.9. The third kappa shape index (κ3) is 6.28. The van der Waals surface area contributed by atoms with E-state index in [4.69, 9.17) is 4.74 Å². The first-order valence-corrected chi connectivity index (χ1v) is 14.9. The molecule has 0 aliphatic carbocycles. The van der Waals surface area contributed by atoms with Crippen LogP contribution in [0.15, 0.2) is 120 Å². The number of carbonyl (C=O) groups is 3. The highest BCUT2D eigenvalue weighted by Crippen LogP contribution is 2.38. The van der Waals surface area contributed by atoms with Crippen molar-refractivity contribution in [2.24, 2.45) is 0 Å². The summed E-state index contributed by atoms with van der Waals surface area (Å²) in [4.78, 5) is 44.5. The summed E-state index contributed by atoms with van der Waals surface area (Å²) < 4.78 is 20.4. The number of halogens is 1. The molecule has 0 saturated heterocycles. The highest BCUT2D eigenvalue weighted by atomic mass is 19.1. The zero-order valence-electron chi connectivity index (χ0n) is 24.8. The van der Waals surface area contributed by atoms with Crippen LogP contribution in [-0.2, 0) is 22.6 Å². The summed E-state index contributed by atoms with van der Waals surface area (Å²) in [6.07, 6.45) is 0.245. The Kier molecular flexibility index (Phi) is 8.59. The van der Waals surface area contributed by atoms with E-state index in [9.17, 15) is 18.8 Å². The Morgan fingerprint density at radius 1 is 0.933 bits per heavy atom. The monoisotopic (exact) mass is 604 g/mol. The average Bonchev–Trinajstić information content (AvgIpc) is 3.40. The van der Waals surface area contributed by atoms with Crippen molar-refractivity contribution < 1.29 is 23.5 Å². The van der Waals surface area contributed by atoms with Gasteiger partial charge in [-0.05, 0) is 48.4 Å². The quantitative estimate of drug-likeness (QED) is 0.242. The third-order valence-electron chi connectivity index (χ3n) is 8.10. The summed E-state index contributed by atoms with van der Waals surface area (Å²) in [5.74, 6) is 0.0472. The molecular formula is C36H33FN4O4. The Morgan fingerprint density at radius 3 is 2.36 bits per heavy atom. The molecule has 8 nitrogen and oxygen atoms in total. The molecule has 0 fully saturated rings. The number of carbonyl (C=O) groups excluding carboxylic acids is 3. The normalized spacial score (nSPS) is 16.7. The topological polar surface area (TPSA) is 91.0 Å². The van der Waals surface area contributed by atoms with Crippen LogP contribution in [0.5, 0.6) is 11.5 Å². The van der Waals surface area contributed by atoms with Crippen LogP contribution in [0.4, 0.5) is 9.18 Å². The van der Waals surface area contributed by atoms with Crippen LogP contribution >= 0.6 is 0 Å². The number of amides is 4. The fourth-order valence-corrected chi connectivity index (χ4v) is 5.86. The van der Waals surface area contributed by atoms with E-state index in [-0.39, 0.29) is 31.4 Å². The van der Waals surface area contributed by atoms with Crippen LogP contribution in [0.1, 0.15) is 29.7 Å². The molecule has 2 atom stereocenters. The molecule has 2 N–H and O–H groups in total. The second-order valence-corrected chi connectivity index (χ2v) is 10.9. The molecule has 2 aliphatic rings. The van der Waals surface area contributed by atoms with E-state index in [1.807, 2.05) is 91.9 Å². The number of urea groups is 1. The number of nitrogens with zero attached hydrogens (tertiary/aromatic N) is 2. The lowest BCUT2D eigenvalue weighted by molar-refractivity contribution is -0.136. The number of rotatable bonds is 10. The maximum Gasteiger partial charge on any atom is 0.322 e. The Balaban J connectivity index is 1.31. The molecule has 2 aliphatic heterocycles. The molecule has 4 aromatic carbocycles. The van der Waals surface area contributed by atoms with Crippen LogP contribution in [0.25, 0.3) is 0 Å². The molecule has 4 aromatic rings. The van der Waals surface area contributed by atoms with Crippen LogP contribution < -0.4 is 15.4 Å². The summed E-state index contributed by atoms with van der Waals surface area (Å²) in [5.41, 5.74) is 2.86. The fourth-order valence-electron chi connectivity index (χ4n) is 5.86. The molecule has 6 rings (SSSR count). The van der Waals surface area contributed by atoms with Crippen LogP contribution in [0.2, 0.25) is 0 Å². The Labute approximate surface area is 261 Å². The van der Waals surface area contributed by atoms with Crippen molar-refractivity contribution in [2.45, 2.75) is 32.0 Å². The predicted molar refractivity (Wildman–Crippen MR) is 168 cm³/mol. The maximum atomic E-state index is 14.4. The second kappa shape index (κ2) is 13.1. The van der Waals surface area contributed by atoms with Gasteiger partial charge in [-0.3, -0.25) is 14.5 Å². The molecule has 4 amide bonds. The van der Waals surface area contributed by atoms with Gasteiger partial charge in [-0.15, -0.1) is 0 Å². The molecule has 0 spiro atoms. The number of benzene rings is 4. The van der Waals surface area contributed by atoms with Crippen molar-refractivity contribution >= 4 is 17.8 Å². The lowest BCUT2D eigenvalue weighted by Crippen LogP contribution is -2.49. The summed E-state index contributed by atoms with van der Waals surface area (Å²) in [5, 5.41) is 5.84. The molecule has 0 saturated carbocycles. The van der Waals surface area contributed by atoms with Crippen molar-refractivity contribution in [3.8, 4) is 11.5 Å². The molecule has 2 unspecified atom stereocenters. The van der Waals surface area contributed by atoms with Gasteiger partial charge in [0.05, 0.1) is 23.9 Å². The van der Waals surface area contributed by atoms with Crippen LogP contribution in [-0.4, -0.2) is 46.8 Å². The summed E-state index contributed by atoms with van der Waals surface area (Å²) in [6, 6.07) is 30.3. The number of hydrogen-bond donors (Lipinski definition) is 2. The summed E-state index contributed by atoms with van der Waals surface area (Å²) in [6.45, 7) is 2.24. The summed E-state index contributed by atoms with van der Waals surface area (Å²) in [7, 11) is 0. The van der Waals surface area contributed by atoms with Gasteiger partial charge in [-0.1, -0.05) is 78.9 Å². The van der Waals surface area contributed by atoms with Crippen molar-refractivity contribution in [1.29, 1.82) is 0 Å². The van der Waals surface area contributed by atoms with Crippen LogP contribution in [0, 0.1) is 5.82 Å². The van der Waals surface area contributed by atoms with Crippen molar-refractivity contribution in [2.75, 3.05) is 13.1 Å². The van der Waals surface area contributed by atoms with Gasteiger partial charge in [0.1, 0.15) is 23.4 Å². The summed E-state index contributed by atoms with van der Waals surface area (Å²) >= 11 is 0. The largest absolute Gasteiger partial charge is 0.457 e. The maximum absolute atomic E-state index is 14.4. The van der Waals surface area contributed by atoms with Gasteiger partial charge in [0.2, 0.25) is 5.91 Å². The number of hydrogen-bond acceptors (Lipinski definition) is 4. The molecule has 228 valence electrons. The van der Waals surface area contributed by atoms with Crippen molar-refractivity contribution in [3.05, 3.63) is 143 Å². The van der Waals surface area contributed by atoms with E-state index >= 15 is 0 Å². The van der Waals surface area contributed by atoms with Crippen LogP contribution in [0.3, 0.4) is 0 Å². The molecule has 2 heterocycles. The lowest BCUT2D eigenvalue weighted by Gasteiger charge is -2.33. The van der Waals surface area contributed by atoms with Crippen molar-refractivity contribution in [3.63, 3.8) is 0 Å². The zero-order chi connectivity index (χ0) is 31.3. The van der Waals surface area contributed by atoms with E-state index in [2.05, 4.69) is 10.6 Å². The standard InChI is InChI=1S/C36H33FN4O4/c1-2-40-31-23-41(30(20-24-12-5-3-6-13-24)34(42)38-22-26-14-9-10-19-29(26)37)35(43)32(31)33(39-36(40)44)25-15-11-18-28(21-25)45-27-16-7-4-8-17-27/h3-19,21,30,33H,2,20,22-23H2,1H3,(H,38,42)(H,39,44). The zero-order valence-corrected chi connectivity index (χ0v) is 24.8. The number of ether oxygens (including phenoxy) is 1. The predicted octanol–water partition coefficient (Wildman–Crippen LogP) is 5.73. The molecule has 0 aromatic heterocycles. The highest BCUT2D eigenvalue weighted by Gasteiger charge is 2.46. The minimum Gasteiger partial charge on any atom is -0.457 e. The number of para-hydroxylation sites is 1. The first-order valence-electron chi connectivity index (χ1n) is 14.9. The Hall–Kier alpha value is -5.44. The molecular weight excluding hydrogens is 571 g/mol. The van der Waals surface area contributed by atoms with Gasteiger partial charge in [-0.2, -0.15) is 0 Å². The molecule has 9 heteroatoms. The Bertz CT molecular complexity index is 1740. The average molecular weight is 605 g/mol. The van der Waals surface area contributed by atoms with Gasteiger partial charge < -0.3 is 20.3 Å². The minimum atomic E-state index is -0.903. The van der Waals surface area contributed by atoms with E-state index in [1.54, 1.807) is 23.1 Å². The molecule has 0 bridgehead atoms. The van der Waals surface area contributed by atoms with Gasteiger partial charge >= 0.3 is 6.03 Å². The van der Waals surface area contributed by atoms with Crippen molar-refractivity contribution in [1.82, 2.24) is 20.4 Å². The Morgan fingerprint density at radius 2 is 1.62 bits per heavy atom. The van der Waals surface area contributed by atoms with E-state index < -0.39 is 23.8 Å². The van der Waals surface area contributed by atoms with E-state index in [0.29, 0.717) is 40.4 Å². The van der Waals surface area contributed by atoms with Gasteiger partial charge in [0, 0.05) is 25.1 Å². The molecule has 0 radical (unpaired) electrons. The van der Waals surface area contributed by atoms with Gasteiger partial charge in [0.15, 0.2) is 0 Å². The molecule has 45 heavy (non-hydrogen) atoms. The SMILES string of the molecule is CCN1C(=O)NC(c2cccc(Oc3ccccc3)c2)C2=C1CN(C(Cc1ccccc1)C(=O)NCc1ccccc1F)C2=O. The third-order valence-corrected chi connectivity index (χ3v) is 8.10. The second-order valence-electron chi connectivity index (χ2n) is 10.9. The minimum absolute atomic E-state index is 0.0239. The fraction of sp³-hybridized carbons (Fsp3) is 0.194.